The van der Waals surface area contributed by atoms with Crippen molar-refractivity contribution < 1.29 is 4.42 Å². The van der Waals surface area contributed by atoms with E-state index in [1.165, 1.54) is 10.8 Å². The van der Waals surface area contributed by atoms with Crippen molar-refractivity contribution in [1.29, 1.82) is 0 Å². The largest absolute Gasteiger partial charge is 0.455 e. The van der Waals surface area contributed by atoms with Crippen LogP contribution in [0, 0.1) is 0 Å². The summed E-state index contributed by atoms with van der Waals surface area (Å²) in [5.74, 6) is 1.49. The highest BCUT2D eigenvalue weighted by Crippen LogP contribution is 2.43. The molecule has 0 saturated heterocycles. The first-order valence-corrected chi connectivity index (χ1v) is 19.3. The van der Waals surface area contributed by atoms with Gasteiger partial charge in [0, 0.05) is 60.8 Å². The molecule has 5 nitrogen and oxygen atoms in total. The third-order valence-electron chi connectivity index (χ3n) is 11.3. The lowest BCUT2D eigenvalue weighted by Gasteiger charge is -2.15. The predicted octanol–water partition coefficient (Wildman–Crippen LogP) is 13.6. The van der Waals surface area contributed by atoms with Gasteiger partial charge < -0.3 is 8.98 Å². The zero-order valence-electron chi connectivity index (χ0n) is 30.7. The first kappa shape index (κ1) is 31.6. The van der Waals surface area contributed by atoms with E-state index in [2.05, 4.69) is 167 Å². The summed E-state index contributed by atoms with van der Waals surface area (Å²) in [6, 6.07) is 68.3. The number of hydrogen-bond donors (Lipinski definition) is 0. The molecule has 12 rings (SSSR count). The van der Waals surface area contributed by atoms with Crippen LogP contribution in [-0.4, -0.2) is 19.1 Å². The van der Waals surface area contributed by atoms with Crippen LogP contribution in [0.2, 0.25) is 0 Å². The zero-order valence-corrected chi connectivity index (χ0v) is 30.7. The van der Waals surface area contributed by atoms with Gasteiger partial charge in [-0.1, -0.05) is 158 Å². The lowest BCUT2D eigenvalue weighted by Crippen LogP contribution is -2.04. The molecule has 0 unspecified atom stereocenters. The van der Waals surface area contributed by atoms with Crippen LogP contribution in [0.4, 0.5) is 0 Å². The summed E-state index contributed by atoms with van der Waals surface area (Å²) in [5, 5.41) is 6.93. The maximum absolute atomic E-state index is 6.53. The van der Waals surface area contributed by atoms with Crippen molar-refractivity contribution in [3.8, 4) is 45.3 Å². The van der Waals surface area contributed by atoms with Crippen molar-refractivity contribution in [3.63, 3.8) is 0 Å². The number of furan rings is 1. The van der Waals surface area contributed by atoms with Crippen LogP contribution in [0.5, 0.6) is 0 Å². The molecule has 57 heavy (non-hydrogen) atoms. The van der Waals surface area contributed by atoms with E-state index < -0.39 is 0 Å². The summed E-state index contributed by atoms with van der Waals surface area (Å²) >= 11 is 0. The Morgan fingerprint density at radius 3 is 1.72 bits per heavy atom. The number of para-hydroxylation sites is 4. The minimum absolute atomic E-state index is 0.679. The minimum Gasteiger partial charge on any atom is -0.455 e. The van der Waals surface area contributed by atoms with E-state index in [0.29, 0.717) is 5.82 Å². The summed E-state index contributed by atoms with van der Waals surface area (Å²) < 4.78 is 11.3. The smallest absolute Gasteiger partial charge is 0.162 e. The van der Waals surface area contributed by atoms with Crippen LogP contribution < -0.4 is 0 Å². The summed E-state index contributed by atoms with van der Waals surface area (Å²) in [6.07, 6.45) is 0. The van der Waals surface area contributed by atoms with Gasteiger partial charge in [0.05, 0.1) is 27.8 Å². The fourth-order valence-corrected chi connectivity index (χ4v) is 8.82. The van der Waals surface area contributed by atoms with Crippen LogP contribution in [0.25, 0.3) is 111 Å². The molecule has 5 heteroatoms. The molecule has 0 bridgehead atoms. The van der Waals surface area contributed by atoms with Gasteiger partial charge in [0.1, 0.15) is 17.0 Å². The monoisotopic (exact) mass is 728 g/mol. The van der Waals surface area contributed by atoms with Gasteiger partial charge in [-0.3, -0.25) is 4.57 Å². The molecule has 0 amide bonds. The van der Waals surface area contributed by atoms with Crippen LogP contribution in [-0.2, 0) is 0 Å². The highest BCUT2D eigenvalue weighted by molar-refractivity contribution is 6.24. The second-order valence-electron chi connectivity index (χ2n) is 14.6. The van der Waals surface area contributed by atoms with E-state index in [0.717, 1.165) is 94.2 Å². The summed E-state index contributed by atoms with van der Waals surface area (Å²) in [6.45, 7) is 0. The Labute approximate surface area is 327 Å². The van der Waals surface area contributed by atoms with Gasteiger partial charge in [-0.2, -0.15) is 0 Å². The van der Waals surface area contributed by atoms with Gasteiger partial charge in [0.25, 0.3) is 0 Å². The number of rotatable bonds is 5. The number of hydrogen-bond acceptors (Lipinski definition) is 3. The average molecular weight is 729 g/mol. The van der Waals surface area contributed by atoms with Gasteiger partial charge in [-0.25, -0.2) is 9.97 Å². The van der Waals surface area contributed by atoms with E-state index in [9.17, 15) is 0 Å². The molecule has 0 atom stereocenters. The Kier molecular flexibility index (Phi) is 6.86. The first-order valence-electron chi connectivity index (χ1n) is 19.3. The van der Waals surface area contributed by atoms with Crippen molar-refractivity contribution >= 4 is 65.6 Å². The van der Waals surface area contributed by atoms with E-state index in [1.807, 2.05) is 36.4 Å². The number of benzene rings is 8. The standard InChI is InChI=1S/C52H32N4O/c1-3-15-33(16-4-1)44-32-48(54-52(53-44)34-17-5-2-6-18-34)56-46-27-11-8-22-39(46)42-30-29-41-38-21-7-10-26-45(38)55(49(41)50(42)56)36-20-13-19-35(31-36)37-24-14-25-43-40-23-9-12-28-47(40)57-51(37)43/h1-32H. The Balaban J connectivity index is 1.18. The van der Waals surface area contributed by atoms with Crippen LogP contribution >= 0.6 is 0 Å². The molecule has 0 aliphatic rings. The normalized spacial score (nSPS) is 11.9. The minimum atomic E-state index is 0.679. The number of fused-ring (bicyclic) bond motifs is 10. The molecule has 0 aliphatic heterocycles. The van der Waals surface area contributed by atoms with Crippen LogP contribution in [0.3, 0.4) is 0 Å². The van der Waals surface area contributed by atoms with Crippen molar-refractivity contribution in [2.24, 2.45) is 0 Å². The molecule has 12 aromatic rings. The Morgan fingerprint density at radius 1 is 0.386 bits per heavy atom. The van der Waals surface area contributed by atoms with Crippen molar-refractivity contribution in [2.75, 3.05) is 0 Å². The van der Waals surface area contributed by atoms with E-state index >= 15 is 0 Å². The van der Waals surface area contributed by atoms with Crippen LogP contribution in [0.15, 0.2) is 199 Å². The van der Waals surface area contributed by atoms with E-state index in [1.54, 1.807) is 0 Å². The van der Waals surface area contributed by atoms with E-state index in [4.69, 9.17) is 14.4 Å². The summed E-state index contributed by atoms with van der Waals surface area (Å²) in [4.78, 5) is 10.5. The van der Waals surface area contributed by atoms with Gasteiger partial charge in [0.2, 0.25) is 0 Å². The molecule has 0 N–H and O–H groups in total. The summed E-state index contributed by atoms with van der Waals surface area (Å²) in [7, 11) is 0. The van der Waals surface area contributed by atoms with Gasteiger partial charge in [-0.05, 0) is 35.9 Å². The summed E-state index contributed by atoms with van der Waals surface area (Å²) in [5.41, 5.74) is 12.3. The molecule has 0 radical (unpaired) electrons. The third-order valence-corrected chi connectivity index (χ3v) is 11.3. The Bertz CT molecular complexity index is 3460. The number of nitrogens with zero attached hydrogens (tertiary/aromatic N) is 4. The number of aromatic nitrogens is 4. The maximum atomic E-state index is 6.53. The zero-order chi connectivity index (χ0) is 37.5. The average Bonchev–Trinajstić information content (AvgIpc) is 3.95. The first-order chi connectivity index (χ1) is 28.3. The molecule has 4 aromatic heterocycles. The van der Waals surface area contributed by atoms with E-state index in [-0.39, 0.29) is 0 Å². The molecular formula is C52H32N4O. The SMILES string of the molecule is c1ccc(-c2cc(-n3c4ccccc4c4ccc5c6ccccc6n(-c6cccc(-c7cccc8c7oc7ccccc78)c6)c5c43)nc(-c3ccccc3)n2)cc1. The van der Waals surface area contributed by atoms with Crippen molar-refractivity contribution in [1.82, 2.24) is 19.1 Å². The molecule has 0 saturated carbocycles. The molecule has 0 fully saturated rings. The molecule has 8 aromatic carbocycles. The second-order valence-corrected chi connectivity index (χ2v) is 14.6. The Morgan fingerprint density at radius 2 is 0.965 bits per heavy atom. The fraction of sp³-hybridized carbons (Fsp3) is 0. The maximum Gasteiger partial charge on any atom is 0.162 e. The molecule has 0 aliphatic carbocycles. The molecule has 4 heterocycles. The van der Waals surface area contributed by atoms with Gasteiger partial charge in [-0.15, -0.1) is 0 Å². The third kappa shape index (κ3) is 4.82. The lowest BCUT2D eigenvalue weighted by molar-refractivity contribution is 0.670. The van der Waals surface area contributed by atoms with Gasteiger partial charge >= 0.3 is 0 Å². The second kappa shape index (κ2) is 12.4. The molecule has 266 valence electrons. The molecular weight excluding hydrogens is 697 g/mol. The lowest BCUT2D eigenvalue weighted by atomic mass is 10.0. The predicted molar refractivity (Wildman–Crippen MR) is 234 cm³/mol. The molecule has 0 spiro atoms. The fourth-order valence-electron chi connectivity index (χ4n) is 8.82. The highest BCUT2D eigenvalue weighted by atomic mass is 16.3. The topological polar surface area (TPSA) is 48.8 Å². The van der Waals surface area contributed by atoms with Gasteiger partial charge in [0.15, 0.2) is 5.82 Å². The van der Waals surface area contributed by atoms with Crippen LogP contribution in [0.1, 0.15) is 0 Å². The van der Waals surface area contributed by atoms with Crippen molar-refractivity contribution in [3.05, 3.63) is 194 Å². The highest BCUT2D eigenvalue weighted by Gasteiger charge is 2.23. The quantitative estimate of drug-likeness (QED) is 0.177. The Hall–Kier alpha value is -7.76. The van der Waals surface area contributed by atoms with Crippen molar-refractivity contribution in [2.45, 2.75) is 0 Å².